The molecule has 1 unspecified atom stereocenters. The third-order valence-electron chi connectivity index (χ3n) is 2.73. The summed E-state index contributed by atoms with van der Waals surface area (Å²) in [5.41, 5.74) is 1.56. The molecule has 2 rings (SSSR count). The molecule has 4 nitrogen and oxygen atoms in total. The zero-order valence-electron chi connectivity index (χ0n) is 11.4. The fourth-order valence-corrected chi connectivity index (χ4v) is 1.80. The first-order valence-corrected chi connectivity index (χ1v) is 6.54. The molecule has 0 aliphatic heterocycles. The topological polar surface area (TPSA) is 48.4 Å². The number of ether oxygens (including phenoxy) is 2. The van der Waals surface area contributed by atoms with Crippen LogP contribution in [0.3, 0.4) is 0 Å². The van der Waals surface area contributed by atoms with Gasteiger partial charge in [0.15, 0.2) is 6.10 Å². The average Bonchev–Trinajstić information content (AvgIpc) is 2.50. The molecule has 0 N–H and O–H groups in total. The Morgan fingerprint density at radius 2 is 1.90 bits per heavy atom. The van der Waals surface area contributed by atoms with Gasteiger partial charge in [0.1, 0.15) is 0 Å². The molecular formula is C16H17NO3. The zero-order chi connectivity index (χ0) is 14.2. The van der Waals surface area contributed by atoms with Crippen LogP contribution in [0.5, 0.6) is 0 Å². The molecule has 1 aromatic heterocycles. The third kappa shape index (κ3) is 3.90. The molecule has 20 heavy (non-hydrogen) atoms. The van der Waals surface area contributed by atoms with E-state index >= 15 is 0 Å². The second-order valence-corrected chi connectivity index (χ2v) is 4.17. The Hall–Kier alpha value is -2.20. The van der Waals surface area contributed by atoms with Crippen molar-refractivity contribution in [3.8, 4) is 0 Å². The molecule has 0 radical (unpaired) electrons. The maximum absolute atomic E-state index is 12.0. The summed E-state index contributed by atoms with van der Waals surface area (Å²) < 4.78 is 10.8. The molecule has 0 aliphatic carbocycles. The monoisotopic (exact) mass is 271 g/mol. The molecule has 0 spiro atoms. The second kappa shape index (κ2) is 7.40. The smallest absolute Gasteiger partial charge is 0.339 e. The molecule has 2 aromatic rings. The standard InChI is InChI=1S/C16H17NO3/c1-2-19-16(18)15(13-8-4-3-5-9-13)20-12-14-10-6-7-11-17-14/h3-11,15H,2,12H2,1H3. The van der Waals surface area contributed by atoms with Crippen molar-refractivity contribution >= 4 is 5.97 Å². The lowest BCUT2D eigenvalue weighted by atomic mass is 10.1. The average molecular weight is 271 g/mol. The third-order valence-corrected chi connectivity index (χ3v) is 2.73. The van der Waals surface area contributed by atoms with Gasteiger partial charge in [0.2, 0.25) is 0 Å². The first-order chi connectivity index (χ1) is 9.81. The highest BCUT2D eigenvalue weighted by Gasteiger charge is 2.22. The van der Waals surface area contributed by atoms with Crippen LogP contribution >= 0.6 is 0 Å². The van der Waals surface area contributed by atoms with E-state index in [0.717, 1.165) is 11.3 Å². The largest absolute Gasteiger partial charge is 0.464 e. The Kier molecular flexibility index (Phi) is 5.26. The first kappa shape index (κ1) is 14.2. The number of carbonyl (C=O) groups is 1. The Balaban J connectivity index is 2.09. The van der Waals surface area contributed by atoms with Crippen LogP contribution in [0.15, 0.2) is 54.7 Å². The predicted octanol–water partition coefficient (Wildman–Crippen LogP) is 2.90. The molecule has 1 aromatic carbocycles. The number of rotatable bonds is 6. The summed E-state index contributed by atoms with van der Waals surface area (Å²) in [5, 5.41) is 0. The normalized spacial score (nSPS) is 11.8. The molecular weight excluding hydrogens is 254 g/mol. The van der Waals surface area contributed by atoms with E-state index in [-0.39, 0.29) is 12.6 Å². The summed E-state index contributed by atoms with van der Waals surface area (Å²) in [6, 6.07) is 14.9. The number of pyridine rings is 1. The Labute approximate surface area is 118 Å². The second-order valence-electron chi connectivity index (χ2n) is 4.17. The lowest BCUT2D eigenvalue weighted by Crippen LogP contribution is -2.19. The van der Waals surface area contributed by atoms with Gasteiger partial charge in [-0.3, -0.25) is 4.98 Å². The molecule has 0 amide bonds. The van der Waals surface area contributed by atoms with Crippen molar-refractivity contribution in [2.24, 2.45) is 0 Å². The van der Waals surface area contributed by atoms with Crippen LogP contribution in [0.2, 0.25) is 0 Å². The number of aromatic nitrogens is 1. The van der Waals surface area contributed by atoms with Crippen molar-refractivity contribution in [2.45, 2.75) is 19.6 Å². The van der Waals surface area contributed by atoms with E-state index in [1.54, 1.807) is 13.1 Å². The minimum atomic E-state index is -0.724. The van der Waals surface area contributed by atoms with Gasteiger partial charge in [-0.05, 0) is 24.6 Å². The van der Waals surface area contributed by atoms with Crippen molar-refractivity contribution in [2.75, 3.05) is 6.61 Å². The van der Waals surface area contributed by atoms with Gasteiger partial charge in [-0.25, -0.2) is 4.79 Å². The van der Waals surface area contributed by atoms with E-state index in [0.29, 0.717) is 6.61 Å². The lowest BCUT2D eigenvalue weighted by Gasteiger charge is -2.16. The van der Waals surface area contributed by atoms with E-state index in [4.69, 9.17) is 9.47 Å². The number of carbonyl (C=O) groups excluding carboxylic acids is 1. The van der Waals surface area contributed by atoms with Gasteiger partial charge < -0.3 is 9.47 Å². The SMILES string of the molecule is CCOC(=O)C(OCc1ccccn1)c1ccccc1. The minimum absolute atomic E-state index is 0.263. The van der Waals surface area contributed by atoms with Crippen LogP contribution < -0.4 is 0 Å². The van der Waals surface area contributed by atoms with Gasteiger partial charge in [0.05, 0.1) is 18.9 Å². The van der Waals surface area contributed by atoms with Gasteiger partial charge in [0, 0.05) is 6.20 Å². The summed E-state index contributed by atoms with van der Waals surface area (Å²) in [7, 11) is 0. The molecule has 104 valence electrons. The van der Waals surface area contributed by atoms with Crippen LogP contribution in [-0.4, -0.2) is 17.6 Å². The van der Waals surface area contributed by atoms with Crippen molar-refractivity contribution < 1.29 is 14.3 Å². The van der Waals surface area contributed by atoms with Crippen LogP contribution in [0, 0.1) is 0 Å². The first-order valence-electron chi connectivity index (χ1n) is 6.54. The number of benzene rings is 1. The molecule has 1 heterocycles. The Morgan fingerprint density at radius 1 is 1.15 bits per heavy atom. The highest BCUT2D eigenvalue weighted by Crippen LogP contribution is 2.20. The predicted molar refractivity (Wildman–Crippen MR) is 74.8 cm³/mol. The van der Waals surface area contributed by atoms with Gasteiger partial charge in [0.25, 0.3) is 0 Å². The Bertz CT molecular complexity index is 528. The van der Waals surface area contributed by atoms with Crippen LogP contribution in [0.25, 0.3) is 0 Å². The molecule has 0 saturated heterocycles. The van der Waals surface area contributed by atoms with Crippen molar-refractivity contribution in [1.82, 2.24) is 4.98 Å². The number of esters is 1. The molecule has 4 heteroatoms. The van der Waals surface area contributed by atoms with Crippen LogP contribution in [0.4, 0.5) is 0 Å². The van der Waals surface area contributed by atoms with Crippen molar-refractivity contribution in [3.63, 3.8) is 0 Å². The minimum Gasteiger partial charge on any atom is -0.464 e. The fourth-order valence-electron chi connectivity index (χ4n) is 1.80. The molecule has 0 saturated carbocycles. The number of hydrogen-bond acceptors (Lipinski definition) is 4. The van der Waals surface area contributed by atoms with Crippen LogP contribution in [-0.2, 0) is 20.9 Å². The van der Waals surface area contributed by atoms with Gasteiger partial charge in [-0.1, -0.05) is 36.4 Å². The zero-order valence-corrected chi connectivity index (χ0v) is 11.4. The lowest BCUT2D eigenvalue weighted by molar-refractivity contribution is -0.158. The van der Waals surface area contributed by atoms with E-state index < -0.39 is 6.10 Å². The van der Waals surface area contributed by atoms with Gasteiger partial charge in [-0.2, -0.15) is 0 Å². The molecule has 1 atom stereocenters. The fraction of sp³-hybridized carbons (Fsp3) is 0.250. The summed E-state index contributed by atoms with van der Waals surface area (Å²) in [4.78, 5) is 16.2. The highest BCUT2D eigenvalue weighted by molar-refractivity contribution is 5.76. The van der Waals surface area contributed by atoms with Crippen molar-refractivity contribution in [3.05, 3.63) is 66.0 Å². The van der Waals surface area contributed by atoms with E-state index in [1.807, 2.05) is 48.5 Å². The van der Waals surface area contributed by atoms with Gasteiger partial charge in [-0.15, -0.1) is 0 Å². The molecule has 0 aliphatic rings. The molecule has 0 fully saturated rings. The van der Waals surface area contributed by atoms with E-state index in [1.165, 1.54) is 0 Å². The summed E-state index contributed by atoms with van der Waals surface area (Å²) in [6.45, 7) is 2.37. The quantitative estimate of drug-likeness (QED) is 0.758. The summed E-state index contributed by atoms with van der Waals surface area (Å²) >= 11 is 0. The van der Waals surface area contributed by atoms with Crippen LogP contribution in [0.1, 0.15) is 24.3 Å². The number of nitrogens with zero attached hydrogens (tertiary/aromatic N) is 1. The maximum Gasteiger partial charge on any atom is 0.339 e. The van der Waals surface area contributed by atoms with Gasteiger partial charge >= 0.3 is 5.97 Å². The van der Waals surface area contributed by atoms with E-state index in [2.05, 4.69) is 4.98 Å². The Morgan fingerprint density at radius 3 is 2.55 bits per heavy atom. The van der Waals surface area contributed by atoms with E-state index in [9.17, 15) is 4.79 Å². The maximum atomic E-state index is 12.0. The number of hydrogen-bond donors (Lipinski definition) is 0. The molecule has 0 bridgehead atoms. The van der Waals surface area contributed by atoms with Crippen molar-refractivity contribution in [1.29, 1.82) is 0 Å². The summed E-state index contributed by atoms with van der Waals surface area (Å²) in [5.74, 6) is -0.380. The highest BCUT2D eigenvalue weighted by atomic mass is 16.6. The summed E-state index contributed by atoms with van der Waals surface area (Å²) in [6.07, 6.45) is 0.971.